The summed E-state index contributed by atoms with van der Waals surface area (Å²) in [6.45, 7) is 11.8. The first-order valence-electron chi connectivity index (χ1n) is 11.5. The minimum atomic E-state index is -0.622. The minimum absolute atomic E-state index is 0.0957. The molecule has 0 atom stereocenters. The molecule has 0 aliphatic rings. The maximum Gasteiger partial charge on any atom is 0.410 e. The van der Waals surface area contributed by atoms with Gasteiger partial charge < -0.3 is 20.3 Å². The van der Waals surface area contributed by atoms with Crippen molar-refractivity contribution in [2.75, 3.05) is 32.0 Å². The summed E-state index contributed by atoms with van der Waals surface area (Å²) in [6, 6.07) is 6.07. The lowest BCUT2D eigenvalue weighted by Gasteiger charge is -2.24. The van der Waals surface area contributed by atoms with E-state index in [1.165, 1.54) is 24.1 Å². The molecule has 0 heterocycles. The van der Waals surface area contributed by atoms with Gasteiger partial charge in [0.15, 0.2) is 5.84 Å². The first kappa shape index (κ1) is 29.4. The highest BCUT2D eigenvalue weighted by molar-refractivity contribution is 6.04. The van der Waals surface area contributed by atoms with Gasteiger partial charge >= 0.3 is 6.09 Å². The monoisotopic (exact) mass is 485 g/mol. The summed E-state index contributed by atoms with van der Waals surface area (Å²) in [5.74, 6) is 5.85. The van der Waals surface area contributed by atoms with Gasteiger partial charge in [0.1, 0.15) is 18.0 Å². The molecule has 190 valence electrons. The number of rotatable bonds is 10. The molecule has 0 fully saturated rings. The standard InChI is InChI=1S/C26H36FN5O3/c1-7-15-30-24(28-5)20(18-31-22-14-11-13-21(27)17-22)12-9-8-10-16-29-23(33)19-32(6)25(34)35-26(2,3)4/h11,13-14,17-18,31H,5,7-8,10,15-16,19H2,1-4,6H3,(H,29,33). The number of nitrogens with zero attached hydrogens (tertiary/aromatic N) is 3. The van der Waals surface area contributed by atoms with E-state index in [0.717, 1.165) is 6.42 Å². The second kappa shape index (κ2) is 15.3. The molecule has 0 aromatic heterocycles. The van der Waals surface area contributed by atoms with Crippen LogP contribution in [0.15, 0.2) is 46.0 Å². The minimum Gasteiger partial charge on any atom is -0.444 e. The lowest BCUT2D eigenvalue weighted by molar-refractivity contribution is -0.122. The number of hydrogen-bond donors (Lipinski definition) is 2. The van der Waals surface area contributed by atoms with Crippen LogP contribution in [0.4, 0.5) is 14.9 Å². The van der Waals surface area contributed by atoms with Gasteiger partial charge in [-0.25, -0.2) is 14.2 Å². The van der Waals surface area contributed by atoms with Gasteiger partial charge in [0.25, 0.3) is 0 Å². The van der Waals surface area contributed by atoms with E-state index in [-0.39, 0.29) is 18.3 Å². The maximum atomic E-state index is 13.4. The van der Waals surface area contributed by atoms with E-state index in [1.807, 2.05) is 6.92 Å². The number of benzene rings is 1. The molecule has 1 aromatic rings. The number of carbonyl (C=O) groups is 2. The zero-order chi connectivity index (χ0) is 26.3. The van der Waals surface area contributed by atoms with E-state index >= 15 is 0 Å². The highest BCUT2D eigenvalue weighted by Crippen LogP contribution is 2.11. The lowest BCUT2D eigenvalue weighted by Crippen LogP contribution is -2.41. The molecule has 0 aliphatic heterocycles. The summed E-state index contributed by atoms with van der Waals surface area (Å²) in [6.07, 6.45) is 3.04. The van der Waals surface area contributed by atoms with Crippen molar-refractivity contribution in [2.24, 2.45) is 9.98 Å². The Labute approximate surface area is 207 Å². The van der Waals surface area contributed by atoms with E-state index in [4.69, 9.17) is 4.74 Å². The molecule has 1 aromatic carbocycles. The molecule has 0 radical (unpaired) electrons. The fourth-order valence-electron chi connectivity index (χ4n) is 2.57. The predicted molar refractivity (Wildman–Crippen MR) is 139 cm³/mol. The van der Waals surface area contributed by atoms with Gasteiger partial charge in [0.05, 0.1) is 5.57 Å². The topological polar surface area (TPSA) is 95.4 Å². The molecule has 0 saturated heterocycles. The molecule has 8 nitrogen and oxygen atoms in total. The van der Waals surface area contributed by atoms with Crippen LogP contribution in [0.5, 0.6) is 0 Å². The average molecular weight is 486 g/mol. The quantitative estimate of drug-likeness (QED) is 0.222. The largest absolute Gasteiger partial charge is 0.444 e. The number of anilines is 1. The number of amides is 2. The SMILES string of the molecule is C=NC(=NCCC)C(C#CCCCNC(=O)CN(C)C(=O)OC(C)(C)C)=CNc1cccc(F)c1. The van der Waals surface area contributed by atoms with E-state index in [1.54, 1.807) is 39.1 Å². The zero-order valence-electron chi connectivity index (χ0n) is 21.3. The molecule has 0 unspecified atom stereocenters. The van der Waals surface area contributed by atoms with Crippen LogP contribution in [0.2, 0.25) is 0 Å². The Morgan fingerprint density at radius 1 is 1.31 bits per heavy atom. The van der Waals surface area contributed by atoms with Crippen LogP contribution in [0.3, 0.4) is 0 Å². The molecule has 2 N–H and O–H groups in total. The molecule has 1 rings (SSSR count). The Balaban J connectivity index is 2.64. The second-order valence-corrected chi connectivity index (χ2v) is 8.67. The van der Waals surface area contributed by atoms with Crippen LogP contribution in [-0.2, 0) is 9.53 Å². The van der Waals surface area contributed by atoms with Crippen molar-refractivity contribution in [3.63, 3.8) is 0 Å². The first-order valence-corrected chi connectivity index (χ1v) is 11.5. The van der Waals surface area contributed by atoms with Gasteiger partial charge in [-0.2, -0.15) is 0 Å². The summed E-state index contributed by atoms with van der Waals surface area (Å²) in [5.41, 5.74) is 0.478. The van der Waals surface area contributed by atoms with Crippen LogP contribution in [0.25, 0.3) is 0 Å². The van der Waals surface area contributed by atoms with Gasteiger partial charge in [0, 0.05) is 38.4 Å². The molecule has 9 heteroatoms. The Hall–Kier alpha value is -3.67. The number of ether oxygens (including phenoxy) is 1. The molecule has 35 heavy (non-hydrogen) atoms. The summed E-state index contributed by atoms with van der Waals surface area (Å²) in [5, 5.41) is 5.77. The summed E-state index contributed by atoms with van der Waals surface area (Å²) < 4.78 is 18.7. The molecule has 2 amide bonds. The summed E-state index contributed by atoms with van der Waals surface area (Å²) in [7, 11) is 1.51. The lowest BCUT2D eigenvalue weighted by atomic mass is 10.2. The van der Waals surface area contributed by atoms with Gasteiger partial charge in [0.2, 0.25) is 5.91 Å². The fourth-order valence-corrected chi connectivity index (χ4v) is 2.57. The third-order valence-corrected chi connectivity index (χ3v) is 4.19. The average Bonchev–Trinajstić information content (AvgIpc) is 2.78. The van der Waals surface area contributed by atoms with Gasteiger partial charge in [-0.05, 0) is 58.5 Å². The van der Waals surface area contributed by atoms with Crippen molar-refractivity contribution in [1.82, 2.24) is 10.2 Å². The fraction of sp³-hybridized carbons (Fsp3) is 0.462. The highest BCUT2D eigenvalue weighted by atomic mass is 19.1. The van der Waals surface area contributed by atoms with Gasteiger partial charge in [-0.3, -0.25) is 9.79 Å². The number of nitrogens with one attached hydrogen (secondary N) is 2. The van der Waals surface area contributed by atoms with Crippen LogP contribution in [0.1, 0.15) is 47.0 Å². The molecule has 0 aliphatic carbocycles. The molecular weight excluding hydrogens is 449 g/mol. The van der Waals surface area contributed by atoms with Crippen LogP contribution < -0.4 is 10.6 Å². The van der Waals surface area contributed by atoms with E-state index in [2.05, 4.69) is 39.2 Å². The summed E-state index contributed by atoms with van der Waals surface area (Å²) >= 11 is 0. The van der Waals surface area contributed by atoms with Crippen molar-refractivity contribution >= 4 is 30.2 Å². The number of aliphatic imine (C=N–C) groups is 2. The van der Waals surface area contributed by atoms with E-state index in [0.29, 0.717) is 43.0 Å². The smallest absolute Gasteiger partial charge is 0.410 e. The van der Waals surface area contributed by atoms with Gasteiger partial charge in [-0.15, -0.1) is 0 Å². The number of carbonyl (C=O) groups excluding carboxylic acids is 2. The number of amidine groups is 1. The Morgan fingerprint density at radius 3 is 2.69 bits per heavy atom. The predicted octanol–water partition coefficient (Wildman–Crippen LogP) is 4.40. The van der Waals surface area contributed by atoms with Crippen molar-refractivity contribution in [2.45, 2.75) is 52.6 Å². The first-order chi connectivity index (χ1) is 16.6. The van der Waals surface area contributed by atoms with Crippen molar-refractivity contribution in [3.8, 4) is 11.8 Å². The van der Waals surface area contributed by atoms with Crippen molar-refractivity contribution in [3.05, 3.63) is 41.9 Å². The zero-order valence-corrected chi connectivity index (χ0v) is 21.3. The third kappa shape index (κ3) is 13.0. The van der Waals surface area contributed by atoms with E-state index < -0.39 is 11.7 Å². The molecule has 0 spiro atoms. The maximum absolute atomic E-state index is 13.4. The van der Waals surface area contributed by atoms with Crippen LogP contribution in [0, 0.1) is 17.7 Å². The molecular formula is C26H36FN5O3. The Bertz CT molecular complexity index is 987. The van der Waals surface area contributed by atoms with Crippen LogP contribution >= 0.6 is 0 Å². The van der Waals surface area contributed by atoms with Crippen LogP contribution in [-0.4, -0.2) is 61.7 Å². The highest BCUT2D eigenvalue weighted by Gasteiger charge is 2.20. The Morgan fingerprint density at radius 2 is 2.06 bits per heavy atom. The van der Waals surface area contributed by atoms with E-state index in [9.17, 15) is 14.0 Å². The number of likely N-dealkylation sites (N-methyl/N-ethyl adjacent to an activating group) is 1. The molecule has 0 saturated carbocycles. The normalized spacial score (nSPS) is 11.7. The van der Waals surface area contributed by atoms with Crippen molar-refractivity contribution < 1.29 is 18.7 Å². The summed E-state index contributed by atoms with van der Waals surface area (Å²) in [4.78, 5) is 33.6. The van der Waals surface area contributed by atoms with Crippen molar-refractivity contribution in [1.29, 1.82) is 0 Å². The number of halogens is 1. The molecule has 0 bridgehead atoms. The number of hydrogen-bond acceptors (Lipinski definition) is 5. The second-order valence-electron chi connectivity index (χ2n) is 8.67. The number of unbranched alkanes of at least 4 members (excludes halogenated alkanes) is 1. The van der Waals surface area contributed by atoms with Gasteiger partial charge in [-0.1, -0.05) is 24.8 Å². The Kier molecular flexibility index (Phi) is 12.8. The third-order valence-electron chi connectivity index (χ3n) is 4.19.